The summed E-state index contributed by atoms with van der Waals surface area (Å²) in [7, 11) is 1.82. The van der Waals surface area contributed by atoms with Gasteiger partial charge >= 0.3 is 0 Å². The molecule has 1 saturated heterocycles. The maximum atomic E-state index is 5.78. The molecular weight excluding hydrogens is 427 g/mol. The first-order valence-electron chi connectivity index (χ1n) is 8.95. The Morgan fingerprint density at radius 2 is 1.88 bits per heavy atom. The van der Waals surface area contributed by atoms with E-state index in [0.29, 0.717) is 12.2 Å². The van der Waals surface area contributed by atoms with E-state index in [9.17, 15) is 0 Å². The second kappa shape index (κ2) is 11.7. The summed E-state index contributed by atoms with van der Waals surface area (Å²) < 4.78 is 5.78. The van der Waals surface area contributed by atoms with Crippen molar-refractivity contribution in [2.24, 2.45) is 4.99 Å². The number of guanidine groups is 1. The van der Waals surface area contributed by atoms with Crippen LogP contribution in [0.2, 0.25) is 0 Å². The highest BCUT2D eigenvalue weighted by Gasteiger charge is 2.21. The van der Waals surface area contributed by atoms with E-state index in [1.54, 1.807) is 0 Å². The second-order valence-electron chi connectivity index (χ2n) is 6.65. The average Bonchev–Trinajstić information content (AvgIpc) is 2.54. The fraction of sp³-hybridized carbons (Fsp3) is 0.632. The molecule has 0 bridgehead atoms. The lowest BCUT2D eigenvalue weighted by Crippen LogP contribution is -2.46. The highest BCUT2D eigenvalue weighted by Crippen LogP contribution is 2.10. The number of hydrogen-bond acceptors (Lipinski definition) is 3. The standard InChI is InChI=1S/C19H32N4O.HI/c1-15-8-5-6-9-18(15)12-22-19(20-4)21-10-7-11-23-13-16(2)24-17(3)14-23;/h5-6,8-9,16-17H,7,10-14H2,1-4H3,(H2,20,21,22);1H. The molecule has 1 fully saturated rings. The summed E-state index contributed by atoms with van der Waals surface area (Å²) in [5.74, 6) is 0.863. The third-order valence-corrected chi connectivity index (χ3v) is 4.37. The van der Waals surface area contributed by atoms with Crippen LogP contribution in [0, 0.1) is 6.92 Å². The van der Waals surface area contributed by atoms with Crippen LogP contribution in [0.3, 0.4) is 0 Å². The van der Waals surface area contributed by atoms with Gasteiger partial charge in [0.15, 0.2) is 5.96 Å². The van der Waals surface area contributed by atoms with Crippen LogP contribution < -0.4 is 10.6 Å². The van der Waals surface area contributed by atoms with E-state index >= 15 is 0 Å². The van der Waals surface area contributed by atoms with Crippen molar-refractivity contribution in [3.63, 3.8) is 0 Å². The first-order valence-corrected chi connectivity index (χ1v) is 8.95. The highest BCUT2D eigenvalue weighted by molar-refractivity contribution is 14.0. The smallest absolute Gasteiger partial charge is 0.191 e. The number of nitrogens with zero attached hydrogens (tertiary/aromatic N) is 2. The molecule has 0 aliphatic carbocycles. The Balaban J connectivity index is 0.00000312. The fourth-order valence-corrected chi connectivity index (χ4v) is 3.18. The topological polar surface area (TPSA) is 48.9 Å². The maximum absolute atomic E-state index is 5.78. The number of halogens is 1. The van der Waals surface area contributed by atoms with Crippen molar-refractivity contribution in [2.45, 2.75) is 45.9 Å². The van der Waals surface area contributed by atoms with Crippen LogP contribution in [0.15, 0.2) is 29.3 Å². The monoisotopic (exact) mass is 460 g/mol. The molecule has 0 radical (unpaired) electrons. The van der Waals surface area contributed by atoms with Crippen molar-refractivity contribution >= 4 is 29.9 Å². The van der Waals surface area contributed by atoms with Gasteiger partial charge in [0.25, 0.3) is 0 Å². The summed E-state index contributed by atoms with van der Waals surface area (Å²) in [6.45, 7) is 11.3. The van der Waals surface area contributed by atoms with Gasteiger partial charge in [0.2, 0.25) is 0 Å². The van der Waals surface area contributed by atoms with Crippen molar-refractivity contribution in [1.29, 1.82) is 0 Å². The molecule has 6 heteroatoms. The zero-order valence-electron chi connectivity index (χ0n) is 15.9. The minimum atomic E-state index is 0. The molecule has 25 heavy (non-hydrogen) atoms. The zero-order chi connectivity index (χ0) is 17.4. The van der Waals surface area contributed by atoms with E-state index in [1.165, 1.54) is 11.1 Å². The normalized spacial score (nSPS) is 21.5. The lowest BCUT2D eigenvalue weighted by Gasteiger charge is -2.35. The third kappa shape index (κ3) is 7.92. The Morgan fingerprint density at radius 1 is 1.20 bits per heavy atom. The quantitative estimate of drug-likeness (QED) is 0.297. The molecule has 0 amide bonds. The molecule has 0 saturated carbocycles. The van der Waals surface area contributed by atoms with Crippen LogP contribution in [0.5, 0.6) is 0 Å². The predicted molar refractivity (Wildman–Crippen MR) is 116 cm³/mol. The number of aliphatic imine (C=N–C) groups is 1. The largest absolute Gasteiger partial charge is 0.373 e. The maximum Gasteiger partial charge on any atom is 0.191 e. The number of morpholine rings is 1. The number of ether oxygens (including phenoxy) is 1. The van der Waals surface area contributed by atoms with Crippen molar-refractivity contribution in [1.82, 2.24) is 15.5 Å². The van der Waals surface area contributed by atoms with Gasteiger partial charge in [-0.05, 0) is 38.3 Å². The summed E-state index contributed by atoms with van der Waals surface area (Å²) in [6.07, 6.45) is 1.78. The van der Waals surface area contributed by atoms with Gasteiger partial charge in [-0.15, -0.1) is 24.0 Å². The molecule has 2 rings (SSSR count). The lowest BCUT2D eigenvalue weighted by molar-refractivity contribution is -0.0679. The summed E-state index contributed by atoms with van der Waals surface area (Å²) in [5, 5.41) is 6.79. The van der Waals surface area contributed by atoms with E-state index in [1.807, 2.05) is 7.05 Å². The van der Waals surface area contributed by atoms with Crippen molar-refractivity contribution < 1.29 is 4.74 Å². The van der Waals surface area contributed by atoms with Gasteiger partial charge in [-0.25, -0.2) is 0 Å². The molecule has 142 valence electrons. The molecule has 0 aromatic heterocycles. The third-order valence-electron chi connectivity index (χ3n) is 4.37. The second-order valence-corrected chi connectivity index (χ2v) is 6.65. The Hall–Kier alpha value is -0.860. The zero-order valence-corrected chi connectivity index (χ0v) is 18.2. The van der Waals surface area contributed by atoms with E-state index in [2.05, 4.69) is 65.6 Å². The minimum absolute atomic E-state index is 0. The van der Waals surface area contributed by atoms with Gasteiger partial charge in [0, 0.05) is 39.8 Å². The summed E-state index contributed by atoms with van der Waals surface area (Å²) in [4.78, 5) is 6.79. The van der Waals surface area contributed by atoms with E-state index < -0.39 is 0 Å². The van der Waals surface area contributed by atoms with Crippen LogP contribution in [0.25, 0.3) is 0 Å². The molecule has 1 aliphatic rings. The molecule has 2 N–H and O–H groups in total. The van der Waals surface area contributed by atoms with Gasteiger partial charge in [0.05, 0.1) is 12.2 Å². The number of nitrogens with one attached hydrogen (secondary N) is 2. The van der Waals surface area contributed by atoms with Crippen LogP contribution in [0.1, 0.15) is 31.4 Å². The van der Waals surface area contributed by atoms with Crippen LogP contribution in [-0.4, -0.2) is 56.3 Å². The fourth-order valence-electron chi connectivity index (χ4n) is 3.18. The summed E-state index contributed by atoms with van der Waals surface area (Å²) in [6, 6.07) is 8.43. The van der Waals surface area contributed by atoms with Gasteiger partial charge in [-0.2, -0.15) is 0 Å². The molecule has 2 unspecified atom stereocenters. The van der Waals surface area contributed by atoms with E-state index in [4.69, 9.17) is 4.74 Å². The Bertz CT molecular complexity index is 528. The number of benzene rings is 1. The lowest BCUT2D eigenvalue weighted by atomic mass is 10.1. The van der Waals surface area contributed by atoms with E-state index in [-0.39, 0.29) is 24.0 Å². The molecule has 1 aromatic carbocycles. The van der Waals surface area contributed by atoms with Crippen molar-refractivity contribution in [2.75, 3.05) is 33.2 Å². The average molecular weight is 460 g/mol. The molecule has 5 nitrogen and oxygen atoms in total. The molecule has 1 heterocycles. The summed E-state index contributed by atoms with van der Waals surface area (Å²) >= 11 is 0. The molecule has 1 aliphatic heterocycles. The Morgan fingerprint density at radius 3 is 2.52 bits per heavy atom. The van der Waals surface area contributed by atoms with Gasteiger partial charge < -0.3 is 15.4 Å². The van der Waals surface area contributed by atoms with Gasteiger partial charge in [-0.3, -0.25) is 9.89 Å². The highest BCUT2D eigenvalue weighted by atomic mass is 127. The van der Waals surface area contributed by atoms with Gasteiger partial charge in [-0.1, -0.05) is 24.3 Å². The SMILES string of the molecule is CN=C(NCCCN1CC(C)OC(C)C1)NCc1ccccc1C.I. The Kier molecular flexibility index (Phi) is 10.4. The van der Waals surface area contributed by atoms with Crippen LogP contribution >= 0.6 is 24.0 Å². The Labute approximate surface area is 169 Å². The summed E-state index contributed by atoms with van der Waals surface area (Å²) in [5.41, 5.74) is 2.60. The van der Waals surface area contributed by atoms with Crippen molar-refractivity contribution in [3.05, 3.63) is 35.4 Å². The first kappa shape index (κ1) is 22.2. The van der Waals surface area contributed by atoms with Crippen molar-refractivity contribution in [3.8, 4) is 0 Å². The predicted octanol–water partition coefficient (Wildman–Crippen LogP) is 2.78. The molecule has 1 aromatic rings. The molecule has 0 spiro atoms. The van der Waals surface area contributed by atoms with Crippen LogP contribution in [0.4, 0.5) is 0 Å². The number of hydrogen-bond donors (Lipinski definition) is 2. The van der Waals surface area contributed by atoms with Gasteiger partial charge in [0.1, 0.15) is 0 Å². The minimum Gasteiger partial charge on any atom is -0.373 e. The molecule has 2 atom stereocenters. The van der Waals surface area contributed by atoms with Crippen LogP contribution in [-0.2, 0) is 11.3 Å². The number of rotatable bonds is 6. The molecular formula is C19H33IN4O. The first-order chi connectivity index (χ1) is 11.6. The number of aryl methyl sites for hydroxylation is 1. The van der Waals surface area contributed by atoms with E-state index in [0.717, 1.165) is 45.1 Å².